The average Bonchev–Trinajstić information content (AvgIpc) is 3.01. The summed E-state index contributed by atoms with van der Waals surface area (Å²) in [5, 5.41) is 11.4. The molecule has 19 heavy (non-hydrogen) atoms. The van der Waals surface area contributed by atoms with E-state index in [4.69, 9.17) is 5.73 Å². The van der Waals surface area contributed by atoms with E-state index in [0.717, 1.165) is 22.5 Å². The molecule has 1 aromatic carbocycles. The van der Waals surface area contributed by atoms with E-state index < -0.39 is 0 Å². The fourth-order valence-corrected chi connectivity index (χ4v) is 2.23. The molecule has 0 unspecified atom stereocenters. The van der Waals surface area contributed by atoms with E-state index in [0.29, 0.717) is 5.82 Å². The van der Waals surface area contributed by atoms with Gasteiger partial charge in [0.25, 0.3) is 0 Å². The number of benzene rings is 1. The number of rotatable bonds is 2. The monoisotopic (exact) mass is 253 g/mol. The summed E-state index contributed by atoms with van der Waals surface area (Å²) in [5.74, 6) is 0.652. The summed E-state index contributed by atoms with van der Waals surface area (Å²) in [6, 6.07) is 10.0. The van der Waals surface area contributed by atoms with Crippen molar-refractivity contribution in [2.45, 2.75) is 6.92 Å². The van der Waals surface area contributed by atoms with Gasteiger partial charge in [0.15, 0.2) is 0 Å². The zero-order chi connectivity index (χ0) is 13.4. The standard InChI is InChI=1S/C14H15N5/c1-9-5-3-4-6-10(9)12-13(11-7-8-16-17-11)18-19(2)14(12)15/h3-8H,15H2,1-2H3,(H,16,17). The number of aromatic amines is 1. The van der Waals surface area contributed by atoms with Gasteiger partial charge in [-0.3, -0.25) is 9.78 Å². The minimum Gasteiger partial charge on any atom is -0.383 e. The number of anilines is 1. The van der Waals surface area contributed by atoms with Gasteiger partial charge in [0.05, 0.1) is 11.3 Å². The molecule has 0 spiro atoms. The van der Waals surface area contributed by atoms with Crippen LogP contribution in [-0.4, -0.2) is 20.0 Å². The van der Waals surface area contributed by atoms with E-state index in [-0.39, 0.29) is 0 Å². The van der Waals surface area contributed by atoms with Crippen LogP contribution in [0.1, 0.15) is 5.56 Å². The number of aryl methyl sites for hydroxylation is 2. The Labute approximate surface area is 111 Å². The van der Waals surface area contributed by atoms with Crippen LogP contribution in [0.15, 0.2) is 36.5 Å². The Hall–Kier alpha value is -2.56. The van der Waals surface area contributed by atoms with Crippen LogP contribution in [-0.2, 0) is 7.05 Å². The maximum absolute atomic E-state index is 6.18. The maximum atomic E-state index is 6.18. The Balaban J connectivity index is 2.29. The average molecular weight is 253 g/mol. The number of hydrogen-bond acceptors (Lipinski definition) is 3. The summed E-state index contributed by atoms with van der Waals surface area (Å²) in [5.41, 5.74) is 11.1. The summed E-state index contributed by atoms with van der Waals surface area (Å²) in [6.45, 7) is 2.07. The molecule has 0 aliphatic rings. The van der Waals surface area contributed by atoms with Crippen LogP contribution in [0.25, 0.3) is 22.5 Å². The predicted octanol–water partition coefficient (Wildman–Crippen LogP) is 2.37. The van der Waals surface area contributed by atoms with Gasteiger partial charge < -0.3 is 5.73 Å². The lowest BCUT2D eigenvalue weighted by Crippen LogP contribution is -1.98. The minimum absolute atomic E-state index is 0.652. The highest BCUT2D eigenvalue weighted by Crippen LogP contribution is 2.36. The smallest absolute Gasteiger partial charge is 0.129 e. The molecule has 0 atom stereocenters. The molecule has 2 heterocycles. The van der Waals surface area contributed by atoms with Gasteiger partial charge in [-0.25, -0.2) is 0 Å². The number of aromatic nitrogens is 4. The highest BCUT2D eigenvalue weighted by Gasteiger charge is 2.19. The van der Waals surface area contributed by atoms with Crippen molar-refractivity contribution in [1.82, 2.24) is 20.0 Å². The quantitative estimate of drug-likeness (QED) is 0.736. The Morgan fingerprint density at radius 1 is 1.21 bits per heavy atom. The molecule has 3 aromatic rings. The molecule has 3 N–H and O–H groups in total. The van der Waals surface area contributed by atoms with Gasteiger partial charge in [0.1, 0.15) is 11.5 Å². The van der Waals surface area contributed by atoms with Gasteiger partial charge in [-0.2, -0.15) is 10.2 Å². The van der Waals surface area contributed by atoms with E-state index in [1.165, 1.54) is 5.56 Å². The molecule has 0 fully saturated rings. The molecular weight excluding hydrogens is 238 g/mol. The maximum Gasteiger partial charge on any atom is 0.129 e. The summed E-state index contributed by atoms with van der Waals surface area (Å²) in [7, 11) is 1.84. The van der Waals surface area contributed by atoms with Crippen molar-refractivity contribution < 1.29 is 0 Å². The molecule has 0 amide bonds. The number of nitrogens with two attached hydrogens (primary N) is 1. The van der Waals surface area contributed by atoms with E-state index in [9.17, 15) is 0 Å². The number of H-pyrrole nitrogens is 1. The van der Waals surface area contributed by atoms with Crippen LogP contribution in [0.4, 0.5) is 5.82 Å². The molecule has 5 nitrogen and oxygen atoms in total. The zero-order valence-electron chi connectivity index (χ0n) is 10.9. The molecule has 3 rings (SSSR count). The number of nitrogen functional groups attached to an aromatic ring is 1. The summed E-state index contributed by atoms with van der Waals surface area (Å²) >= 11 is 0. The second kappa shape index (κ2) is 4.28. The first-order chi connectivity index (χ1) is 9.18. The third kappa shape index (κ3) is 1.79. The van der Waals surface area contributed by atoms with Crippen LogP contribution < -0.4 is 5.73 Å². The van der Waals surface area contributed by atoms with E-state index in [2.05, 4.69) is 34.4 Å². The van der Waals surface area contributed by atoms with Gasteiger partial charge in [-0.15, -0.1) is 0 Å². The lowest BCUT2D eigenvalue weighted by Gasteiger charge is -2.06. The highest BCUT2D eigenvalue weighted by atomic mass is 15.3. The van der Waals surface area contributed by atoms with Crippen molar-refractivity contribution in [3.8, 4) is 22.5 Å². The first-order valence-corrected chi connectivity index (χ1v) is 6.06. The molecule has 0 saturated heterocycles. The van der Waals surface area contributed by atoms with Crippen LogP contribution in [0.2, 0.25) is 0 Å². The lowest BCUT2D eigenvalue weighted by molar-refractivity contribution is 0.781. The molecule has 0 radical (unpaired) electrons. The van der Waals surface area contributed by atoms with Gasteiger partial charge >= 0.3 is 0 Å². The molecule has 0 aliphatic heterocycles. The third-order valence-electron chi connectivity index (χ3n) is 3.26. The molecule has 0 bridgehead atoms. The molecule has 2 aromatic heterocycles. The van der Waals surface area contributed by atoms with E-state index in [1.54, 1.807) is 10.9 Å². The minimum atomic E-state index is 0.652. The largest absolute Gasteiger partial charge is 0.383 e. The first kappa shape index (κ1) is 11.5. The molecule has 5 heteroatoms. The Morgan fingerprint density at radius 2 is 2.00 bits per heavy atom. The van der Waals surface area contributed by atoms with Crippen molar-refractivity contribution in [3.05, 3.63) is 42.1 Å². The van der Waals surface area contributed by atoms with Crippen LogP contribution in [0.3, 0.4) is 0 Å². The van der Waals surface area contributed by atoms with Crippen molar-refractivity contribution in [1.29, 1.82) is 0 Å². The summed E-state index contributed by atoms with van der Waals surface area (Å²) in [4.78, 5) is 0. The normalized spacial score (nSPS) is 10.8. The van der Waals surface area contributed by atoms with Gasteiger partial charge in [0, 0.05) is 13.2 Å². The van der Waals surface area contributed by atoms with Gasteiger partial charge in [-0.05, 0) is 24.1 Å². The van der Waals surface area contributed by atoms with Crippen molar-refractivity contribution >= 4 is 5.82 Å². The summed E-state index contributed by atoms with van der Waals surface area (Å²) in [6.07, 6.45) is 1.71. The number of hydrogen-bond donors (Lipinski definition) is 2. The van der Waals surface area contributed by atoms with Crippen molar-refractivity contribution in [3.63, 3.8) is 0 Å². The third-order valence-corrected chi connectivity index (χ3v) is 3.26. The Kier molecular flexibility index (Phi) is 2.59. The predicted molar refractivity (Wildman–Crippen MR) is 75.4 cm³/mol. The Morgan fingerprint density at radius 3 is 2.68 bits per heavy atom. The second-order valence-corrected chi connectivity index (χ2v) is 4.52. The molecular formula is C14H15N5. The van der Waals surface area contributed by atoms with Gasteiger partial charge in [-0.1, -0.05) is 24.3 Å². The summed E-state index contributed by atoms with van der Waals surface area (Å²) < 4.78 is 1.69. The van der Waals surface area contributed by atoms with E-state index in [1.807, 2.05) is 25.2 Å². The van der Waals surface area contributed by atoms with Crippen LogP contribution in [0, 0.1) is 6.92 Å². The topological polar surface area (TPSA) is 72.5 Å². The van der Waals surface area contributed by atoms with Crippen molar-refractivity contribution in [2.75, 3.05) is 5.73 Å². The second-order valence-electron chi connectivity index (χ2n) is 4.52. The molecule has 0 saturated carbocycles. The zero-order valence-corrected chi connectivity index (χ0v) is 10.9. The SMILES string of the molecule is Cc1ccccc1-c1c(-c2ccn[nH]2)nn(C)c1N. The fourth-order valence-electron chi connectivity index (χ4n) is 2.23. The van der Waals surface area contributed by atoms with Gasteiger partial charge in [0.2, 0.25) is 0 Å². The fraction of sp³-hybridized carbons (Fsp3) is 0.143. The molecule has 0 aliphatic carbocycles. The Bertz CT molecular complexity index is 710. The van der Waals surface area contributed by atoms with E-state index >= 15 is 0 Å². The first-order valence-electron chi connectivity index (χ1n) is 6.06. The van der Waals surface area contributed by atoms with Crippen molar-refractivity contribution in [2.24, 2.45) is 7.05 Å². The molecule has 96 valence electrons. The lowest BCUT2D eigenvalue weighted by atomic mass is 9.99. The van der Waals surface area contributed by atoms with Crippen LogP contribution in [0.5, 0.6) is 0 Å². The number of nitrogens with zero attached hydrogens (tertiary/aromatic N) is 3. The van der Waals surface area contributed by atoms with Crippen LogP contribution >= 0.6 is 0 Å². The highest BCUT2D eigenvalue weighted by molar-refractivity contribution is 5.88. The number of nitrogens with one attached hydrogen (secondary N) is 1.